The number of hydrogen-bond donors (Lipinski definition) is 5. The smallest absolute Gasteiger partial charge is 0.237 e. The van der Waals surface area contributed by atoms with Crippen molar-refractivity contribution in [3.63, 3.8) is 0 Å². The third-order valence-corrected chi connectivity index (χ3v) is 7.94. The van der Waals surface area contributed by atoms with Gasteiger partial charge in [-0.05, 0) is 68.0 Å². The van der Waals surface area contributed by atoms with Gasteiger partial charge in [-0.2, -0.15) is 0 Å². The second-order valence-electron chi connectivity index (χ2n) is 9.28. The monoisotopic (exact) mass is 467 g/mol. The summed E-state index contributed by atoms with van der Waals surface area (Å²) < 4.78 is 5.88. The Balaban J connectivity index is 1.57. The van der Waals surface area contributed by atoms with Crippen LogP contribution in [-0.4, -0.2) is 80.9 Å². The molecule has 5 N–H and O–H groups in total. The van der Waals surface area contributed by atoms with Crippen molar-refractivity contribution >= 4 is 17.7 Å². The lowest BCUT2D eigenvalue weighted by atomic mass is 9.88. The van der Waals surface area contributed by atoms with Gasteiger partial charge in [0.15, 0.2) is 4.93 Å². The van der Waals surface area contributed by atoms with Gasteiger partial charge in [0.1, 0.15) is 18.3 Å². The van der Waals surface area contributed by atoms with Crippen LogP contribution in [0.15, 0.2) is 24.5 Å². The molecule has 0 aliphatic carbocycles. The van der Waals surface area contributed by atoms with Gasteiger partial charge in [-0.15, -0.1) is 11.8 Å². The summed E-state index contributed by atoms with van der Waals surface area (Å²) in [6, 6.07) is 3.25. The first-order valence-electron chi connectivity index (χ1n) is 11.4. The summed E-state index contributed by atoms with van der Waals surface area (Å²) in [5.74, 6) is 0.263. The molecule has 0 bridgehead atoms. The summed E-state index contributed by atoms with van der Waals surface area (Å²) in [5, 5.41) is 37.3. The van der Waals surface area contributed by atoms with Gasteiger partial charge in [-0.25, -0.2) is 0 Å². The molecule has 180 valence electrons. The van der Waals surface area contributed by atoms with Gasteiger partial charge in [0.05, 0.1) is 18.7 Å². The van der Waals surface area contributed by atoms with E-state index in [9.17, 15) is 20.1 Å². The van der Waals surface area contributed by atoms with E-state index >= 15 is 0 Å². The topological polar surface area (TPSA) is 124 Å². The van der Waals surface area contributed by atoms with Crippen LogP contribution in [0.25, 0.3) is 0 Å². The molecule has 32 heavy (non-hydrogen) atoms. The standard InChI is InChI=1S/C23H37N3O5S/c1-14(2)20(23(32-3)21(29)19(28)18(27)13-31-23)26-22(30)17-11-16(12-25-17)6-4-5-15-7-9-24-10-8-15/h7-10,14,16-21,25,27-29H,4-6,11-13H2,1-3H3,(H,26,30). The largest absolute Gasteiger partial charge is 0.388 e. The van der Waals surface area contributed by atoms with Crippen LogP contribution >= 0.6 is 11.8 Å². The summed E-state index contributed by atoms with van der Waals surface area (Å²) in [5.41, 5.74) is 1.28. The van der Waals surface area contributed by atoms with E-state index < -0.39 is 29.3 Å². The SMILES string of the molecule is CSC1(C(NC(=O)C2CC(CCCc3ccncc3)CN2)C(C)C)OCC(O)C(O)C1O. The first-order chi connectivity index (χ1) is 15.3. The van der Waals surface area contributed by atoms with E-state index in [1.807, 2.05) is 38.4 Å². The van der Waals surface area contributed by atoms with Gasteiger partial charge < -0.3 is 30.7 Å². The lowest BCUT2D eigenvalue weighted by molar-refractivity contribution is -0.212. The summed E-state index contributed by atoms with van der Waals surface area (Å²) in [4.78, 5) is 15.9. The zero-order valence-corrected chi connectivity index (χ0v) is 19.9. The highest BCUT2D eigenvalue weighted by Crippen LogP contribution is 2.40. The Bertz CT molecular complexity index is 740. The Morgan fingerprint density at radius 2 is 2.06 bits per heavy atom. The number of nitrogens with one attached hydrogen (secondary N) is 2. The molecular formula is C23H37N3O5S. The number of amides is 1. The molecule has 1 aromatic rings. The Morgan fingerprint density at radius 1 is 1.34 bits per heavy atom. The normalized spacial score (nSPS) is 33.9. The van der Waals surface area contributed by atoms with Crippen LogP contribution in [0.5, 0.6) is 0 Å². The lowest BCUT2D eigenvalue weighted by Gasteiger charge is -2.49. The van der Waals surface area contributed by atoms with Crippen LogP contribution in [0.1, 0.15) is 38.7 Å². The number of ether oxygens (including phenoxy) is 1. The second-order valence-corrected chi connectivity index (χ2v) is 10.3. The van der Waals surface area contributed by atoms with Gasteiger partial charge in [0, 0.05) is 12.4 Å². The molecular weight excluding hydrogens is 430 g/mol. The molecule has 0 saturated carbocycles. The number of aliphatic hydroxyl groups excluding tert-OH is 3. The van der Waals surface area contributed by atoms with Crippen molar-refractivity contribution in [2.75, 3.05) is 19.4 Å². The number of aromatic nitrogens is 1. The average molecular weight is 468 g/mol. The zero-order valence-electron chi connectivity index (χ0n) is 19.1. The van der Waals surface area contributed by atoms with E-state index in [0.717, 1.165) is 32.2 Å². The molecule has 0 aromatic carbocycles. The number of carbonyl (C=O) groups excluding carboxylic acids is 1. The number of hydrogen-bond acceptors (Lipinski definition) is 8. The Kier molecular flexibility index (Phi) is 8.94. The maximum absolute atomic E-state index is 13.1. The molecule has 0 radical (unpaired) electrons. The Morgan fingerprint density at radius 3 is 2.72 bits per heavy atom. The van der Waals surface area contributed by atoms with Crippen LogP contribution < -0.4 is 10.6 Å². The molecule has 2 aliphatic heterocycles. The van der Waals surface area contributed by atoms with Crippen molar-refractivity contribution in [1.82, 2.24) is 15.6 Å². The number of aliphatic hydroxyl groups is 3. The van der Waals surface area contributed by atoms with Gasteiger partial charge in [0.2, 0.25) is 5.91 Å². The minimum atomic E-state index is -1.33. The molecule has 7 atom stereocenters. The number of carbonyl (C=O) groups is 1. The molecule has 1 amide bonds. The second kappa shape index (κ2) is 11.3. The molecule has 3 rings (SSSR count). The average Bonchev–Trinajstić information content (AvgIpc) is 3.26. The molecule has 9 heteroatoms. The van der Waals surface area contributed by atoms with Crippen molar-refractivity contribution < 1.29 is 24.9 Å². The maximum atomic E-state index is 13.1. The predicted molar refractivity (Wildman–Crippen MR) is 124 cm³/mol. The third kappa shape index (κ3) is 5.63. The fraction of sp³-hybridized carbons (Fsp3) is 0.739. The van der Waals surface area contributed by atoms with Gasteiger partial charge in [-0.3, -0.25) is 9.78 Å². The summed E-state index contributed by atoms with van der Waals surface area (Å²) in [6.07, 6.45) is 5.48. The van der Waals surface area contributed by atoms with E-state index in [-0.39, 0.29) is 24.5 Å². The van der Waals surface area contributed by atoms with E-state index in [1.54, 1.807) is 6.26 Å². The molecule has 7 unspecified atom stereocenters. The number of rotatable bonds is 9. The lowest BCUT2D eigenvalue weighted by Crippen LogP contribution is -2.69. The minimum absolute atomic E-state index is 0.0546. The van der Waals surface area contributed by atoms with E-state index in [0.29, 0.717) is 5.92 Å². The third-order valence-electron chi connectivity index (χ3n) is 6.69. The van der Waals surface area contributed by atoms with Gasteiger partial charge >= 0.3 is 0 Å². The van der Waals surface area contributed by atoms with E-state index in [4.69, 9.17) is 4.74 Å². The van der Waals surface area contributed by atoms with Crippen LogP contribution in [0.4, 0.5) is 0 Å². The summed E-state index contributed by atoms with van der Waals surface area (Å²) >= 11 is 1.25. The molecule has 1 aromatic heterocycles. The number of nitrogens with zero attached hydrogens (tertiary/aromatic N) is 1. The van der Waals surface area contributed by atoms with Crippen molar-refractivity contribution in [2.45, 2.75) is 74.9 Å². The molecule has 2 aliphatic rings. The molecule has 3 heterocycles. The van der Waals surface area contributed by atoms with Crippen LogP contribution in [0, 0.1) is 11.8 Å². The molecule has 8 nitrogen and oxygen atoms in total. The molecule has 0 spiro atoms. The van der Waals surface area contributed by atoms with Gasteiger partial charge in [0.25, 0.3) is 0 Å². The molecule has 2 fully saturated rings. The van der Waals surface area contributed by atoms with Crippen LogP contribution in [0.3, 0.4) is 0 Å². The molecule has 2 saturated heterocycles. The Hall–Kier alpha value is -1.23. The first kappa shape index (κ1) is 25.4. The van der Waals surface area contributed by atoms with E-state index in [1.165, 1.54) is 17.3 Å². The van der Waals surface area contributed by atoms with Gasteiger partial charge in [-0.1, -0.05) is 13.8 Å². The minimum Gasteiger partial charge on any atom is -0.388 e. The zero-order chi connectivity index (χ0) is 23.3. The quantitative estimate of drug-likeness (QED) is 0.360. The van der Waals surface area contributed by atoms with Crippen molar-refractivity contribution in [3.8, 4) is 0 Å². The highest BCUT2D eigenvalue weighted by molar-refractivity contribution is 7.99. The number of thioether (sulfide) groups is 1. The van der Waals surface area contributed by atoms with E-state index in [2.05, 4.69) is 15.6 Å². The highest BCUT2D eigenvalue weighted by Gasteiger charge is 2.55. The summed E-state index contributed by atoms with van der Waals surface area (Å²) in [7, 11) is 0. The predicted octanol–water partition coefficient (Wildman–Crippen LogP) is 0.695. The summed E-state index contributed by atoms with van der Waals surface area (Å²) in [6.45, 7) is 4.60. The van der Waals surface area contributed by atoms with Crippen molar-refractivity contribution in [3.05, 3.63) is 30.1 Å². The fourth-order valence-corrected chi connectivity index (χ4v) is 5.94. The first-order valence-corrected chi connectivity index (χ1v) is 12.7. The van der Waals surface area contributed by atoms with Crippen molar-refractivity contribution in [2.24, 2.45) is 11.8 Å². The maximum Gasteiger partial charge on any atom is 0.237 e. The highest BCUT2D eigenvalue weighted by atomic mass is 32.2. The van der Waals surface area contributed by atoms with Crippen LogP contribution in [0.2, 0.25) is 0 Å². The number of aryl methyl sites for hydroxylation is 1. The Labute approximate surface area is 194 Å². The number of pyridine rings is 1. The van der Waals surface area contributed by atoms with Crippen molar-refractivity contribution in [1.29, 1.82) is 0 Å². The van der Waals surface area contributed by atoms with Crippen LogP contribution in [-0.2, 0) is 16.0 Å². The fourth-order valence-electron chi connectivity index (χ4n) is 4.79.